The minimum absolute atomic E-state index is 0.144. The molecule has 1 N–H and O–H groups in total. The minimum Gasteiger partial charge on any atom is -0.404 e. The predicted octanol–water partition coefficient (Wildman–Crippen LogP) is 2.71. The van der Waals surface area contributed by atoms with Crippen molar-refractivity contribution >= 4 is 0 Å². The van der Waals surface area contributed by atoms with Gasteiger partial charge in [0.15, 0.2) is 0 Å². The van der Waals surface area contributed by atoms with Crippen molar-refractivity contribution in [3.63, 3.8) is 0 Å². The number of aliphatic hydroxyl groups excluding tert-OH is 1. The van der Waals surface area contributed by atoms with Gasteiger partial charge in [0.1, 0.15) is 5.75 Å². The van der Waals surface area contributed by atoms with Crippen molar-refractivity contribution in [1.29, 1.82) is 0 Å². The van der Waals surface area contributed by atoms with E-state index in [0.717, 1.165) is 0 Å². The van der Waals surface area contributed by atoms with Crippen LogP contribution in [0.25, 0.3) is 0 Å². The van der Waals surface area contributed by atoms with Crippen LogP contribution >= 0.6 is 0 Å². The molecule has 0 heterocycles. The topological polar surface area (TPSA) is 29.5 Å². The van der Waals surface area contributed by atoms with E-state index in [1.165, 1.54) is 18.2 Å². The van der Waals surface area contributed by atoms with Crippen LogP contribution in [-0.4, -0.2) is 17.6 Å². The number of aliphatic hydroxyl groups is 1. The van der Waals surface area contributed by atoms with Crippen LogP contribution in [0.5, 0.6) is 5.75 Å². The number of alkyl halides is 3. The molecule has 0 saturated heterocycles. The summed E-state index contributed by atoms with van der Waals surface area (Å²) in [6, 6.07) is 5.62. The fourth-order valence-corrected chi connectivity index (χ4v) is 1.08. The molecular formula is C12H11F3O2. The molecule has 0 aliphatic rings. The van der Waals surface area contributed by atoms with Crippen LogP contribution in [0.3, 0.4) is 0 Å². The second kappa shape index (κ2) is 5.60. The van der Waals surface area contributed by atoms with Crippen LogP contribution < -0.4 is 4.74 Å². The first-order valence-electron chi connectivity index (χ1n) is 4.90. The molecule has 17 heavy (non-hydrogen) atoms. The quantitative estimate of drug-likeness (QED) is 0.810. The number of halogens is 3. The van der Waals surface area contributed by atoms with E-state index in [4.69, 9.17) is 5.11 Å². The van der Waals surface area contributed by atoms with Crippen LogP contribution in [0.4, 0.5) is 13.2 Å². The maximum Gasteiger partial charge on any atom is 0.573 e. The lowest BCUT2D eigenvalue weighted by Gasteiger charge is -2.09. The summed E-state index contributed by atoms with van der Waals surface area (Å²) in [6.07, 6.45) is -5.15. The maximum atomic E-state index is 12.1. The maximum absolute atomic E-state index is 12.1. The first-order chi connectivity index (χ1) is 7.88. The highest BCUT2D eigenvalue weighted by molar-refractivity contribution is 5.45. The molecule has 0 amide bonds. The largest absolute Gasteiger partial charge is 0.573 e. The summed E-state index contributed by atoms with van der Waals surface area (Å²) < 4.78 is 40.0. The Morgan fingerprint density at radius 2 is 2.00 bits per heavy atom. The Morgan fingerprint density at radius 3 is 2.59 bits per heavy atom. The zero-order chi connectivity index (χ0) is 12.9. The lowest BCUT2D eigenvalue weighted by atomic mass is 10.2. The molecule has 0 saturated carbocycles. The molecule has 1 unspecified atom stereocenters. The molecule has 0 aliphatic carbocycles. The Hall–Kier alpha value is -1.67. The van der Waals surface area contributed by atoms with Gasteiger partial charge in [0.25, 0.3) is 0 Å². The second-order valence-corrected chi connectivity index (χ2v) is 3.40. The molecule has 0 aliphatic heterocycles. The highest BCUT2D eigenvalue weighted by atomic mass is 19.4. The van der Waals surface area contributed by atoms with Crippen molar-refractivity contribution in [2.45, 2.75) is 25.8 Å². The molecular weight excluding hydrogens is 233 g/mol. The summed E-state index contributed by atoms with van der Waals surface area (Å²) in [5, 5.41) is 8.97. The van der Waals surface area contributed by atoms with E-state index >= 15 is 0 Å². The summed E-state index contributed by atoms with van der Waals surface area (Å²) >= 11 is 0. The molecule has 1 atom stereocenters. The van der Waals surface area contributed by atoms with Gasteiger partial charge in [0.05, 0.1) is 11.7 Å². The number of hydrogen-bond acceptors (Lipinski definition) is 2. The van der Waals surface area contributed by atoms with Gasteiger partial charge in [0.2, 0.25) is 0 Å². The Balaban J connectivity index is 2.87. The standard InChI is InChI=1S/C12H11F3O2/c1-9(16)5-4-7-10-6-2-3-8-11(10)17-12(13,14)15/h2-3,6,8-9,16H,5H2,1H3. The summed E-state index contributed by atoms with van der Waals surface area (Å²) in [4.78, 5) is 0. The zero-order valence-electron chi connectivity index (χ0n) is 9.08. The predicted molar refractivity (Wildman–Crippen MR) is 56.3 cm³/mol. The number of rotatable bonds is 2. The van der Waals surface area contributed by atoms with Crippen LogP contribution in [-0.2, 0) is 0 Å². The van der Waals surface area contributed by atoms with E-state index < -0.39 is 12.5 Å². The Bertz CT molecular complexity index is 427. The lowest BCUT2D eigenvalue weighted by molar-refractivity contribution is -0.274. The van der Waals surface area contributed by atoms with Crippen molar-refractivity contribution in [2.24, 2.45) is 0 Å². The van der Waals surface area contributed by atoms with Crippen molar-refractivity contribution in [3.8, 4) is 17.6 Å². The van der Waals surface area contributed by atoms with Gasteiger partial charge in [0, 0.05) is 6.42 Å². The van der Waals surface area contributed by atoms with Gasteiger partial charge in [-0.25, -0.2) is 0 Å². The number of para-hydroxylation sites is 1. The second-order valence-electron chi connectivity index (χ2n) is 3.40. The van der Waals surface area contributed by atoms with E-state index in [2.05, 4.69) is 16.6 Å². The lowest BCUT2D eigenvalue weighted by Crippen LogP contribution is -2.17. The third-order valence-electron chi connectivity index (χ3n) is 1.73. The fourth-order valence-electron chi connectivity index (χ4n) is 1.08. The van der Waals surface area contributed by atoms with E-state index in [1.807, 2.05) is 0 Å². The highest BCUT2D eigenvalue weighted by Gasteiger charge is 2.31. The smallest absolute Gasteiger partial charge is 0.404 e. The highest BCUT2D eigenvalue weighted by Crippen LogP contribution is 2.25. The molecule has 92 valence electrons. The van der Waals surface area contributed by atoms with E-state index in [0.29, 0.717) is 0 Å². The van der Waals surface area contributed by atoms with Crippen molar-refractivity contribution in [1.82, 2.24) is 0 Å². The molecule has 0 radical (unpaired) electrons. The van der Waals surface area contributed by atoms with Crippen molar-refractivity contribution < 1.29 is 23.0 Å². The number of ether oxygens (including phenoxy) is 1. The van der Waals surface area contributed by atoms with E-state index in [9.17, 15) is 13.2 Å². The molecule has 0 aromatic heterocycles. The molecule has 5 heteroatoms. The van der Waals surface area contributed by atoms with Crippen LogP contribution in [0.1, 0.15) is 18.9 Å². The van der Waals surface area contributed by atoms with Gasteiger partial charge in [-0.3, -0.25) is 0 Å². The Labute approximate surface area is 97.0 Å². The summed E-state index contributed by atoms with van der Waals surface area (Å²) in [7, 11) is 0. The average Bonchev–Trinajstić information content (AvgIpc) is 2.17. The normalized spacial score (nSPS) is 12.5. The van der Waals surface area contributed by atoms with Crippen molar-refractivity contribution in [3.05, 3.63) is 29.8 Å². The number of hydrogen-bond donors (Lipinski definition) is 1. The van der Waals surface area contributed by atoms with E-state index in [1.54, 1.807) is 13.0 Å². The monoisotopic (exact) mass is 244 g/mol. The SMILES string of the molecule is CC(O)CC#Cc1ccccc1OC(F)(F)F. The molecule has 1 aromatic carbocycles. The molecule has 0 fully saturated rings. The average molecular weight is 244 g/mol. The first kappa shape index (κ1) is 13.4. The summed E-state index contributed by atoms with van der Waals surface area (Å²) in [5.41, 5.74) is 0.144. The third kappa shape index (κ3) is 5.27. The van der Waals surface area contributed by atoms with Gasteiger partial charge in [-0.1, -0.05) is 24.0 Å². The zero-order valence-corrected chi connectivity index (χ0v) is 9.08. The fraction of sp³-hybridized carbons (Fsp3) is 0.333. The van der Waals surface area contributed by atoms with Gasteiger partial charge >= 0.3 is 6.36 Å². The van der Waals surface area contributed by atoms with Crippen molar-refractivity contribution in [2.75, 3.05) is 0 Å². The van der Waals surface area contributed by atoms with Gasteiger partial charge in [-0.2, -0.15) is 0 Å². The summed E-state index contributed by atoms with van der Waals surface area (Å²) in [6.45, 7) is 1.55. The molecule has 0 bridgehead atoms. The Morgan fingerprint density at radius 1 is 1.35 bits per heavy atom. The van der Waals surface area contributed by atoms with E-state index in [-0.39, 0.29) is 17.7 Å². The number of benzene rings is 1. The third-order valence-corrected chi connectivity index (χ3v) is 1.73. The first-order valence-corrected chi connectivity index (χ1v) is 4.90. The molecule has 1 aromatic rings. The summed E-state index contributed by atoms with van der Waals surface area (Å²) in [5.74, 6) is 4.78. The van der Waals surface area contributed by atoms with Gasteiger partial charge in [-0.15, -0.1) is 13.2 Å². The minimum atomic E-state index is -4.73. The van der Waals surface area contributed by atoms with Crippen LogP contribution in [0.2, 0.25) is 0 Å². The van der Waals surface area contributed by atoms with Gasteiger partial charge < -0.3 is 9.84 Å². The van der Waals surface area contributed by atoms with Crippen LogP contribution in [0, 0.1) is 11.8 Å². The molecule has 2 nitrogen and oxygen atoms in total. The van der Waals surface area contributed by atoms with Crippen LogP contribution in [0.15, 0.2) is 24.3 Å². The van der Waals surface area contributed by atoms with Gasteiger partial charge in [-0.05, 0) is 19.1 Å². The Kier molecular flexibility index (Phi) is 4.41. The molecule has 1 rings (SSSR count). The molecule has 0 spiro atoms.